The Bertz CT molecular complexity index is 2370. The van der Waals surface area contributed by atoms with Crippen LogP contribution in [0.4, 0.5) is 26.3 Å². The maximum absolute atomic E-state index is 14.1. The van der Waals surface area contributed by atoms with E-state index in [4.69, 9.17) is 29.8 Å². The predicted molar refractivity (Wildman–Crippen MR) is 263 cm³/mol. The van der Waals surface area contributed by atoms with E-state index in [1.54, 1.807) is 85.8 Å². The van der Waals surface area contributed by atoms with Crippen LogP contribution in [0.1, 0.15) is 81.8 Å². The summed E-state index contributed by atoms with van der Waals surface area (Å²) in [5, 5.41) is 10.8. The van der Waals surface area contributed by atoms with Gasteiger partial charge < -0.3 is 35.1 Å². The number of nitrogens with zero attached hydrogens (tertiary/aromatic N) is 2. The second kappa shape index (κ2) is 31.6. The summed E-state index contributed by atoms with van der Waals surface area (Å²) >= 11 is 0. The van der Waals surface area contributed by atoms with Gasteiger partial charge in [0.2, 0.25) is 23.0 Å². The first kappa shape index (κ1) is 63.3. The van der Waals surface area contributed by atoms with E-state index in [0.717, 1.165) is 37.0 Å². The number of rotatable bonds is 27. The molecule has 13 nitrogen and oxygen atoms in total. The molecule has 2 heterocycles. The van der Waals surface area contributed by atoms with Crippen molar-refractivity contribution in [2.75, 3.05) is 26.3 Å². The molecule has 0 bridgehead atoms. The summed E-state index contributed by atoms with van der Waals surface area (Å²) in [6.07, 6.45) is -2.69. The number of aromatic nitrogens is 2. The topological polar surface area (TPSA) is 189 Å². The van der Waals surface area contributed by atoms with Crippen LogP contribution in [0.25, 0.3) is 0 Å². The number of carboxylic acid groups (broad SMARTS) is 1. The maximum Gasteiger partial charge on any atom is 0.426 e. The van der Waals surface area contributed by atoms with Crippen molar-refractivity contribution in [2.45, 2.75) is 89.1 Å². The highest BCUT2D eigenvalue weighted by atomic mass is 35.5. The number of allylic oxidation sites excluding steroid dienone is 2. The normalized spacial score (nSPS) is 12.5. The van der Waals surface area contributed by atoms with Gasteiger partial charge in [-0.1, -0.05) is 97.1 Å². The third-order valence-corrected chi connectivity index (χ3v) is 10.0. The van der Waals surface area contributed by atoms with E-state index in [0.29, 0.717) is 42.2 Å². The number of halogens is 7. The number of pyridine rings is 2. The molecule has 0 aliphatic rings. The van der Waals surface area contributed by atoms with E-state index in [1.807, 2.05) is 13.0 Å². The number of Topliss-reactive ketones (excluding diaryl/α,β-unsaturated/α-hetero) is 2. The van der Waals surface area contributed by atoms with E-state index in [1.165, 1.54) is 12.1 Å². The van der Waals surface area contributed by atoms with Crippen LogP contribution in [0, 0.1) is 13.8 Å². The molecule has 392 valence electrons. The number of amides is 1. The molecule has 0 aliphatic heterocycles. The molecule has 72 heavy (non-hydrogen) atoms. The van der Waals surface area contributed by atoms with Crippen LogP contribution >= 0.6 is 12.4 Å². The van der Waals surface area contributed by atoms with E-state index in [-0.39, 0.29) is 36.3 Å². The average molecular weight is 1040 g/mol. The summed E-state index contributed by atoms with van der Waals surface area (Å²) < 4.78 is 103. The minimum atomic E-state index is -5.06. The zero-order valence-electron chi connectivity index (χ0n) is 40.1. The van der Waals surface area contributed by atoms with Crippen LogP contribution in [0.2, 0.25) is 0 Å². The summed E-state index contributed by atoms with van der Waals surface area (Å²) in [5.41, 5.74) is 1.44. The Kier molecular flexibility index (Phi) is 27.8. The molecule has 0 spiro atoms. The Balaban J connectivity index is 0.000000592. The number of aryl methyl sites for hydroxylation is 2. The molecule has 0 saturated heterocycles. The Hall–Kier alpha value is -6.67. The number of nitrogens with two attached hydrogens (primary N) is 1. The summed E-state index contributed by atoms with van der Waals surface area (Å²) in [6.45, 7) is 16.1. The van der Waals surface area contributed by atoms with Gasteiger partial charge in [0.1, 0.15) is 5.69 Å². The van der Waals surface area contributed by atoms with Crippen LogP contribution in [-0.2, 0) is 32.3 Å². The van der Waals surface area contributed by atoms with Crippen LogP contribution in [0.15, 0.2) is 136 Å². The standard InChI is InChI=1S/C26H29F3N2O4.C14H16F3NO2.C12H15NO3.ClH/c1-4-6-10-16-34-23-19(3)13-14-21(31-23)22(32)17-30-24(33)25(15-5-2,26(27,28)29)35-18-20-11-8-7-9-12-20;1-2-8-13(12(19)9-18,14(15,16)17)20-10-11-6-4-3-5-7-11;1-3-4-5-8-16-11-9(2)6-7-10(13-11)12(14)15;/h4-5,7-9,11-14H,1-2,6,10,15-18H2,3H3,(H,30,33);2-7H,1,8-10,18H2;3,6-7H,1,4-5,8H2,2H3,(H,14,15);1H. The fourth-order valence-corrected chi connectivity index (χ4v) is 6.06. The van der Waals surface area contributed by atoms with E-state index >= 15 is 0 Å². The van der Waals surface area contributed by atoms with Crippen LogP contribution in [0.3, 0.4) is 0 Å². The SMILES string of the molecule is C=CCC(OCc1ccccc1)(C(=O)CN)C(F)(F)F.C=CCCCOc1nc(C(=O)CNC(=O)C(CC=C)(OCc2ccccc2)C(F)(F)F)ccc1C.C=CCCCOc1nc(C(=O)O)ccc1C.Cl. The zero-order chi connectivity index (χ0) is 53.1. The quantitative estimate of drug-likeness (QED) is 0.0222. The lowest BCUT2D eigenvalue weighted by atomic mass is 9.92. The number of benzene rings is 2. The van der Waals surface area contributed by atoms with Gasteiger partial charge in [0.15, 0.2) is 17.3 Å². The van der Waals surface area contributed by atoms with Gasteiger partial charge in [-0.05, 0) is 62.8 Å². The lowest BCUT2D eigenvalue weighted by Gasteiger charge is -2.33. The zero-order valence-corrected chi connectivity index (χ0v) is 40.9. The van der Waals surface area contributed by atoms with Crippen molar-refractivity contribution in [3.8, 4) is 11.8 Å². The van der Waals surface area contributed by atoms with Crippen molar-refractivity contribution >= 4 is 35.9 Å². The van der Waals surface area contributed by atoms with Crippen molar-refractivity contribution in [1.82, 2.24) is 15.3 Å². The summed E-state index contributed by atoms with van der Waals surface area (Å²) in [5.74, 6) is -3.77. The number of unbranched alkanes of at least 4 members (excludes halogenated alkanes) is 2. The van der Waals surface area contributed by atoms with Crippen molar-refractivity contribution in [3.05, 3.63) is 169 Å². The number of aromatic carboxylic acids is 1. The lowest BCUT2D eigenvalue weighted by molar-refractivity contribution is -0.269. The number of hydrogen-bond acceptors (Lipinski definition) is 11. The van der Waals surface area contributed by atoms with Gasteiger partial charge in [-0.25, -0.2) is 14.8 Å². The number of ether oxygens (including phenoxy) is 4. The molecule has 20 heteroatoms. The van der Waals surface area contributed by atoms with Gasteiger partial charge in [-0.2, -0.15) is 26.3 Å². The van der Waals surface area contributed by atoms with Gasteiger partial charge in [0, 0.05) is 24.0 Å². The van der Waals surface area contributed by atoms with Crippen LogP contribution < -0.4 is 20.5 Å². The predicted octanol–water partition coefficient (Wildman–Crippen LogP) is 10.6. The van der Waals surface area contributed by atoms with Gasteiger partial charge >= 0.3 is 18.3 Å². The molecule has 2 aromatic heterocycles. The van der Waals surface area contributed by atoms with Crippen LogP contribution in [-0.4, -0.2) is 88.4 Å². The van der Waals surface area contributed by atoms with Crippen molar-refractivity contribution < 1.29 is 69.6 Å². The van der Waals surface area contributed by atoms with E-state index < -0.39 is 79.5 Å². The lowest BCUT2D eigenvalue weighted by Crippen LogP contribution is -2.59. The molecule has 4 aromatic rings. The third-order valence-electron chi connectivity index (χ3n) is 10.0. The fraction of sp³-hybridized carbons (Fsp3) is 0.346. The Morgan fingerprint density at radius 2 is 1.06 bits per heavy atom. The minimum Gasteiger partial charge on any atom is -0.477 e. The first-order valence-electron chi connectivity index (χ1n) is 22.1. The molecule has 4 rings (SSSR count). The molecular formula is C52H61ClF6N4O9. The maximum atomic E-state index is 14.1. The van der Waals surface area contributed by atoms with E-state index in [2.05, 4.69) is 41.6 Å². The second-order valence-corrected chi connectivity index (χ2v) is 15.4. The average Bonchev–Trinajstić information content (AvgIpc) is 3.34. The van der Waals surface area contributed by atoms with Gasteiger partial charge in [-0.15, -0.1) is 38.7 Å². The minimum absolute atomic E-state index is 0. The second-order valence-electron chi connectivity index (χ2n) is 15.4. The monoisotopic (exact) mass is 1030 g/mol. The smallest absolute Gasteiger partial charge is 0.426 e. The number of alkyl halides is 6. The molecule has 0 aliphatic carbocycles. The molecule has 2 unspecified atom stereocenters. The highest BCUT2D eigenvalue weighted by Crippen LogP contribution is 2.39. The molecule has 2 atom stereocenters. The fourth-order valence-electron chi connectivity index (χ4n) is 6.06. The summed E-state index contributed by atoms with van der Waals surface area (Å²) in [7, 11) is 0. The first-order chi connectivity index (χ1) is 33.7. The summed E-state index contributed by atoms with van der Waals surface area (Å²) in [4.78, 5) is 55.8. The number of nitrogens with one attached hydrogen (secondary N) is 1. The number of carbonyl (C=O) groups is 4. The van der Waals surface area contributed by atoms with Crippen molar-refractivity contribution in [1.29, 1.82) is 0 Å². The Morgan fingerprint density at radius 1 is 0.639 bits per heavy atom. The van der Waals surface area contributed by atoms with Gasteiger partial charge in [0.05, 0.1) is 39.5 Å². The van der Waals surface area contributed by atoms with Crippen molar-refractivity contribution in [2.24, 2.45) is 5.73 Å². The molecule has 4 N–H and O–H groups in total. The Morgan fingerprint density at radius 3 is 1.46 bits per heavy atom. The molecule has 1 amide bonds. The number of ketones is 2. The molecule has 0 fully saturated rings. The Labute approximate surface area is 421 Å². The number of hydrogen-bond donors (Lipinski definition) is 3. The molecule has 0 radical (unpaired) electrons. The summed E-state index contributed by atoms with van der Waals surface area (Å²) in [6, 6.07) is 22.7. The van der Waals surface area contributed by atoms with Crippen molar-refractivity contribution in [3.63, 3.8) is 0 Å². The molecule has 0 saturated carbocycles. The van der Waals surface area contributed by atoms with Gasteiger partial charge in [0.25, 0.3) is 5.91 Å². The largest absolute Gasteiger partial charge is 0.477 e. The molecular weight excluding hydrogens is 974 g/mol. The number of carboxylic acids is 1. The highest BCUT2D eigenvalue weighted by molar-refractivity contribution is 5.99. The van der Waals surface area contributed by atoms with Crippen LogP contribution in [0.5, 0.6) is 11.8 Å². The first-order valence-corrected chi connectivity index (χ1v) is 22.1. The molecule has 2 aromatic carbocycles. The third kappa shape index (κ3) is 19.5. The number of carbonyl (C=O) groups excluding carboxylic acids is 3. The van der Waals surface area contributed by atoms with E-state index in [9.17, 15) is 45.5 Å². The highest BCUT2D eigenvalue weighted by Gasteiger charge is 2.61. The van der Waals surface area contributed by atoms with Gasteiger partial charge in [-0.3, -0.25) is 14.4 Å².